The Labute approximate surface area is 167 Å². The molecule has 8 heteroatoms. The maximum absolute atomic E-state index is 15.0. The highest BCUT2D eigenvalue weighted by Gasteiger charge is 2.56. The Balaban J connectivity index is 1.39. The molecule has 2 bridgehead atoms. The first-order valence-electron chi connectivity index (χ1n) is 9.72. The van der Waals surface area contributed by atoms with Crippen molar-refractivity contribution in [3.05, 3.63) is 36.8 Å². The first-order valence-corrected chi connectivity index (χ1v) is 9.72. The van der Waals surface area contributed by atoms with Crippen molar-refractivity contribution in [2.75, 3.05) is 0 Å². The number of hydrogen-bond acceptors (Lipinski definition) is 7. The zero-order valence-corrected chi connectivity index (χ0v) is 16.3. The van der Waals surface area contributed by atoms with Gasteiger partial charge in [-0.05, 0) is 50.3 Å². The van der Waals surface area contributed by atoms with Crippen LogP contribution in [0.4, 0.5) is 4.39 Å². The molecule has 2 fully saturated rings. The number of aromatic nitrogens is 4. The van der Waals surface area contributed by atoms with E-state index in [0.717, 1.165) is 23.6 Å². The molecule has 1 aromatic carbocycles. The third kappa shape index (κ3) is 3.07. The van der Waals surface area contributed by atoms with Gasteiger partial charge in [0.2, 0.25) is 0 Å². The SMILES string of the molecule is C[C@@]12CC[C@@](C)(N1)[C@H](F)[C@@H](Oc1cnc(-c3cc4ccncc4cc3O)nn1)C2. The summed E-state index contributed by atoms with van der Waals surface area (Å²) in [6, 6.07) is 5.25. The fourth-order valence-corrected chi connectivity index (χ4v) is 4.67. The normalized spacial score (nSPS) is 31.1. The van der Waals surface area contributed by atoms with Gasteiger partial charge in [0.25, 0.3) is 5.88 Å². The predicted molar refractivity (Wildman–Crippen MR) is 105 cm³/mol. The molecule has 0 radical (unpaired) electrons. The number of halogens is 1. The fraction of sp³-hybridized carbons (Fsp3) is 0.429. The van der Waals surface area contributed by atoms with Gasteiger partial charge in [0.05, 0.1) is 17.3 Å². The molecule has 7 nitrogen and oxygen atoms in total. The second-order valence-corrected chi connectivity index (χ2v) is 8.58. The summed E-state index contributed by atoms with van der Waals surface area (Å²) < 4.78 is 20.9. The summed E-state index contributed by atoms with van der Waals surface area (Å²) in [6.45, 7) is 4.01. The van der Waals surface area contributed by atoms with Crippen molar-refractivity contribution in [3.63, 3.8) is 0 Å². The Hall–Kier alpha value is -2.87. The van der Waals surface area contributed by atoms with Crippen LogP contribution in [-0.4, -0.2) is 48.6 Å². The summed E-state index contributed by atoms with van der Waals surface area (Å²) >= 11 is 0. The minimum absolute atomic E-state index is 0.0422. The third-order valence-corrected chi connectivity index (χ3v) is 6.18. The van der Waals surface area contributed by atoms with Gasteiger partial charge in [-0.3, -0.25) is 4.98 Å². The van der Waals surface area contributed by atoms with Crippen LogP contribution < -0.4 is 10.1 Å². The highest BCUT2D eigenvalue weighted by Crippen LogP contribution is 2.44. The number of nitrogens with zero attached hydrogens (tertiary/aromatic N) is 4. The molecule has 2 saturated heterocycles. The molecule has 0 saturated carbocycles. The van der Waals surface area contributed by atoms with Crippen LogP contribution in [0.1, 0.15) is 33.1 Å². The minimum atomic E-state index is -1.14. The third-order valence-electron chi connectivity index (χ3n) is 6.18. The number of nitrogens with one attached hydrogen (secondary N) is 1. The van der Waals surface area contributed by atoms with Gasteiger partial charge in [-0.1, -0.05) is 0 Å². The van der Waals surface area contributed by atoms with Crippen LogP contribution in [0.5, 0.6) is 11.6 Å². The summed E-state index contributed by atoms with van der Waals surface area (Å²) in [5, 5.41) is 23.6. The second-order valence-electron chi connectivity index (χ2n) is 8.58. The summed E-state index contributed by atoms with van der Waals surface area (Å²) in [5.41, 5.74) is -0.246. The smallest absolute Gasteiger partial charge is 0.252 e. The molecule has 0 spiro atoms. The van der Waals surface area contributed by atoms with Gasteiger partial charge < -0.3 is 15.2 Å². The maximum atomic E-state index is 15.0. The molecule has 0 aliphatic carbocycles. The lowest BCUT2D eigenvalue weighted by atomic mass is 9.85. The zero-order chi connectivity index (χ0) is 20.2. The van der Waals surface area contributed by atoms with E-state index in [-0.39, 0.29) is 23.0 Å². The average Bonchev–Trinajstić information content (AvgIpc) is 2.98. The van der Waals surface area contributed by atoms with Gasteiger partial charge >= 0.3 is 0 Å². The van der Waals surface area contributed by atoms with Crippen LogP contribution in [0.3, 0.4) is 0 Å². The molecule has 0 unspecified atom stereocenters. The lowest BCUT2D eigenvalue weighted by molar-refractivity contribution is -0.00973. The van der Waals surface area contributed by atoms with Gasteiger partial charge in [-0.15, -0.1) is 10.2 Å². The van der Waals surface area contributed by atoms with E-state index in [1.165, 1.54) is 6.20 Å². The minimum Gasteiger partial charge on any atom is -0.507 e. The Morgan fingerprint density at radius 1 is 1.17 bits per heavy atom. The van der Waals surface area contributed by atoms with Crippen molar-refractivity contribution in [2.24, 2.45) is 0 Å². The number of alkyl halides is 1. The van der Waals surface area contributed by atoms with Crippen LogP contribution >= 0.6 is 0 Å². The molecule has 2 aromatic heterocycles. The van der Waals surface area contributed by atoms with E-state index < -0.39 is 17.8 Å². The topological polar surface area (TPSA) is 93.0 Å². The van der Waals surface area contributed by atoms with E-state index in [1.807, 2.05) is 13.0 Å². The number of hydrogen-bond donors (Lipinski definition) is 2. The lowest BCUT2D eigenvalue weighted by Crippen LogP contribution is -2.63. The van der Waals surface area contributed by atoms with Gasteiger partial charge in [0, 0.05) is 29.7 Å². The number of aromatic hydroxyl groups is 1. The van der Waals surface area contributed by atoms with E-state index >= 15 is 4.39 Å². The molecular formula is C21H22FN5O2. The fourth-order valence-electron chi connectivity index (χ4n) is 4.67. The van der Waals surface area contributed by atoms with Crippen molar-refractivity contribution in [1.82, 2.24) is 25.5 Å². The van der Waals surface area contributed by atoms with Crippen LogP contribution in [-0.2, 0) is 0 Å². The number of ether oxygens (including phenoxy) is 1. The number of fused-ring (bicyclic) bond motifs is 3. The van der Waals surface area contributed by atoms with Crippen molar-refractivity contribution in [2.45, 2.75) is 56.5 Å². The number of rotatable bonds is 3. The molecule has 29 heavy (non-hydrogen) atoms. The standard InChI is InChI=1S/C21H22FN5O2/c1-20-4-5-21(2,27-20)18(22)16(9-20)29-17-11-24-19(26-25-17)14-7-12-3-6-23-10-13(12)8-15(14)28/h3,6-8,10-11,16,18,27-28H,4-5,9H2,1-2H3/t16-,18+,20-,21+/m0/s1. The summed E-state index contributed by atoms with van der Waals surface area (Å²) in [4.78, 5) is 8.33. The van der Waals surface area contributed by atoms with Gasteiger partial charge in [0.1, 0.15) is 11.9 Å². The summed E-state index contributed by atoms with van der Waals surface area (Å²) in [7, 11) is 0. The highest BCUT2D eigenvalue weighted by atomic mass is 19.1. The van der Waals surface area contributed by atoms with Crippen molar-refractivity contribution in [3.8, 4) is 23.0 Å². The molecule has 2 aliphatic heterocycles. The van der Waals surface area contributed by atoms with Crippen molar-refractivity contribution < 1.29 is 14.2 Å². The van der Waals surface area contributed by atoms with Crippen molar-refractivity contribution in [1.29, 1.82) is 0 Å². The summed E-state index contributed by atoms with van der Waals surface area (Å²) in [6.07, 6.45) is 5.31. The Kier molecular flexibility index (Phi) is 3.96. The largest absolute Gasteiger partial charge is 0.507 e. The van der Waals surface area contributed by atoms with Crippen LogP contribution in [0, 0.1) is 0 Å². The van der Waals surface area contributed by atoms with E-state index in [0.29, 0.717) is 12.0 Å². The molecule has 0 amide bonds. The molecular weight excluding hydrogens is 373 g/mol. The van der Waals surface area contributed by atoms with Gasteiger partial charge in [-0.2, -0.15) is 0 Å². The van der Waals surface area contributed by atoms with Crippen LogP contribution in [0.15, 0.2) is 36.8 Å². The number of phenols is 1. The number of pyridine rings is 1. The van der Waals surface area contributed by atoms with E-state index in [2.05, 4.69) is 32.4 Å². The Morgan fingerprint density at radius 3 is 2.83 bits per heavy atom. The first kappa shape index (κ1) is 18.2. The molecule has 4 heterocycles. The van der Waals surface area contributed by atoms with Crippen LogP contribution in [0.2, 0.25) is 0 Å². The van der Waals surface area contributed by atoms with E-state index in [1.54, 1.807) is 24.5 Å². The molecule has 3 aromatic rings. The van der Waals surface area contributed by atoms with E-state index in [4.69, 9.17) is 4.74 Å². The number of phenolic OH excluding ortho intramolecular Hbond substituents is 1. The Bertz CT molecular complexity index is 1080. The number of piperidine rings is 1. The quantitative estimate of drug-likeness (QED) is 0.703. The lowest BCUT2D eigenvalue weighted by Gasteiger charge is -2.43. The van der Waals surface area contributed by atoms with Gasteiger partial charge in [-0.25, -0.2) is 9.37 Å². The molecule has 150 valence electrons. The highest BCUT2D eigenvalue weighted by molar-refractivity contribution is 5.88. The van der Waals surface area contributed by atoms with E-state index in [9.17, 15) is 5.11 Å². The predicted octanol–water partition coefficient (Wildman–Crippen LogP) is 3.18. The molecule has 2 aliphatic rings. The summed E-state index contributed by atoms with van der Waals surface area (Å²) in [5.74, 6) is 0.495. The monoisotopic (exact) mass is 395 g/mol. The van der Waals surface area contributed by atoms with Gasteiger partial charge in [0.15, 0.2) is 12.0 Å². The van der Waals surface area contributed by atoms with Crippen molar-refractivity contribution >= 4 is 10.8 Å². The average molecular weight is 395 g/mol. The maximum Gasteiger partial charge on any atom is 0.252 e. The molecule has 5 rings (SSSR count). The zero-order valence-electron chi connectivity index (χ0n) is 16.3. The molecule has 2 N–H and O–H groups in total. The second kappa shape index (κ2) is 6.32. The Morgan fingerprint density at radius 2 is 2.03 bits per heavy atom. The first-order chi connectivity index (χ1) is 13.9. The molecule has 4 atom stereocenters. The number of benzene rings is 1. The van der Waals surface area contributed by atoms with Crippen LogP contribution in [0.25, 0.3) is 22.2 Å².